The van der Waals surface area contributed by atoms with Crippen LogP contribution in [0.15, 0.2) is 39.0 Å². The van der Waals surface area contributed by atoms with Crippen molar-refractivity contribution in [1.29, 1.82) is 0 Å². The van der Waals surface area contributed by atoms with Crippen molar-refractivity contribution in [3.8, 4) is 0 Å². The van der Waals surface area contributed by atoms with E-state index in [-0.39, 0.29) is 18.7 Å². The van der Waals surface area contributed by atoms with Gasteiger partial charge in [-0.25, -0.2) is 0 Å². The fourth-order valence-corrected chi connectivity index (χ4v) is 2.84. The van der Waals surface area contributed by atoms with Gasteiger partial charge in [-0.1, -0.05) is 0 Å². The average Bonchev–Trinajstić information content (AvgIpc) is 2.77. The van der Waals surface area contributed by atoms with E-state index in [9.17, 15) is 9.59 Å². The van der Waals surface area contributed by atoms with Crippen LogP contribution in [0, 0.1) is 0 Å². The molecule has 100 valence electrons. The van der Waals surface area contributed by atoms with Gasteiger partial charge in [-0.3, -0.25) is 9.59 Å². The maximum absolute atomic E-state index is 11.6. The second-order valence-electron chi connectivity index (χ2n) is 3.80. The number of thiophene rings is 1. The van der Waals surface area contributed by atoms with Crippen LogP contribution in [0.4, 0.5) is 5.69 Å². The molecule has 0 saturated carbocycles. The number of nitrogen functional groups attached to an aromatic ring is 1. The number of hydrogen-bond donors (Lipinski definition) is 1. The zero-order chi connectivity index (χ0) is 13.8. The van der Waals surface area contributed by atoms with Crippen molar-refractivity contribution in [3.05, 3.63) is 49.5 Å². The molecule has 2 aromatic heterocycles. The number of anilines is 1. The van der Waals surface area contributed by atoms with E-state index < -0.39 is 5.97 Å². The summed E-state index contributed by atoms with van der Waals surface area (Å²) in [5.74, 6) is -0.475. The first-order chi connectivity index (χ1) is 9.04. The Morgan fingerprint density at radius 2 is 2.16 bits per heavy atom. The SMILES string of the molecule is Nc1ccc(=O)n(CC(=O)OCc2ccc(Br)s2)c1. The van der Waals surface area contributed by atoms with Gasteiger partial charge in [0.1, 0.15) is 13.2 Å². The van der Waals surface area contributed by atoms with E-state index in [1.165, 1.54) is 34.2 Å². The zero-order valence-electron chi connectivity index (χ0n) is 9.84. The maximum atomic E-state index is 11.6. The van der Waals surface area contributed by atoms with Crippen molar-refractivity contribution >= 4 is 38.9 Å². The van der Waals surface area contributed by atoms with Crippen LogP contribution in [-0.2, 0) is 22.7 Å². The van der Waals surface area contributed by atoms with Crippen LogP contribution in [0.5, 0.6) is 0 Å². The van der Waals surface area contributed by atoms with Crippen LogP contribution in [0.1, 0.15) is 4.88 Å². The lowest BCUT2D eigenvalue weighted by Gasteiger charge is -2.06. The van der Waals surface area contributed by atoms with Gasteiger partial charge >= 0.3 is 5.97 Å². The van der Waals surface area contributed by atoms with Gasteiger partial charge in [0, 0.05) is 22.8 Å². The summed E-state index contributed by atoms with van der Waals surface area (Å²) in [6.07, 6.45) is 1.42. The lowest BCUT2D eigenvalue weighted by Crippen LogP contribution is -2.24. The number of esters is 1. The van der Waals surface area contributed by atoms with Crippen molar-refractivity contribution in [2.45, 2.75) is 13.2 Å². The molecule has 2 aromatic rings. The molecule has 0 unspecified atom stereocenters. The molecule has 0 amide bonds. The summed E-state index contributed by atoms with van der Waals surface area (Å²) < 4.78 is 7.29. The molecule has 0 aliphatic rings. The number of aromatic nitrogens is 1. The van der Waals surface area contributed by atoms with Crippen LogP contribution in [0.3, 0.4) is 0 Å². The van der Waals surface area contributed by atoms with Crippen LogP contribution in [-0.4, -0.2) is 10.5 Å². The van der Waals surface area contributed by atoms with Crippen molar-refractivity contribution < 1.29 is 9.53 Å². The molecule has 2 rings (SSSR count). The minimum absolute atomic E-state index is 0.142. The highest BCUT2D eigenvalue weighted by molar-refractivity contribution is 9.11. The average molecular weight is 343 g/mol. The Labute approximate surface area is 121 Å². The molecule has 0 spiro atoms. The molecule has 0 aromatic carbocycles. The fraction of sp³-hybridized carbons (Fsp3) is 0.167. The second kappa shape index (κ2) is 6.03. The summed E-state index contributed by atoms with van der Waals surface area (Å²) in [5.41, 5.74) is 5.69. The minimum atomic E-state index is -0.475. The Bertz CT molecular complexity index is 650. The molecule has 0 radical (unpaired) electrons. The predicted octanol–water partition coefficient (Wildman–Crippen LogP) is 2.00. The molecule has 5 nitrogen and oxygen atoms in total. The van der Waals surface area contributed by atoms with Crippen molar-refractivity contribution in [3.63, 3.8) is 0 Å². The van der Waals surface area contributed by atoms with Crippen molar-refractivity contribution in [2.75, 3.05) is 5.73 Å². The van der Waals surface area contributed by atoms with E-state index >= 15 is 0 Å². The first-order valence-corrected chi connectivity index (χ1v) is 7.01. The maximum Gasteiger partial charge on any atom is 0.326 e. The molecule has 19 heavy (non-hydrogen) atoms. The third-order valence-electron chi connectivity index (χ3n) is 2.31. The van der Waals surface area contributed by atoms with Crippen LogP contribution >= 0.6 is 27.3 Å². The summed E-state index contributed by atoms with van der Waals surface area (Å²) in [4.78, 5) is 24.0. The molecule has 0 bridgehead atoms. The number of halogens is 1. The van der Waals surface area contributed by atoms with Crippen LogP contribution < -0.4 is 11.3 Å². The Morgan fingerprint density at radius 1 is 1.37 bits per heavy atom. The summed E-state index contributed by atoms with van der Waals surface area (Å²) in [6.45, 7) is 0.0581. The summed E-state index contributed by atoms with van der Waals surface area (Å²) in [6, 6.07) is 6.57. The van der Waals surface area contributed by atoms with Gasteiger partial charge in [-0.15, -0.1) is 11.3 Å². The molecule has 0 atom stereocenters. The van der Waals surface area contributed by atoms with E-state index in [2.05, 4.69) is 15.9 Å². The molecule has 2 N–H and O–H groups in total. The number of nitrogens with zero attached hydrogens (tertiary/aromatic N) is 1. The number of rotatable bonds is 4. The van der Waals surface area contributed by atoms with Gasteiger partial charge in [-0.2, -0.15) is 0 Å². The van der Waals surface area contributed by atoms with E-state index in [1.807, 2.05) is 12.1 Å². The highest BCUT2D eigenvalue weighted by Crippen LogP contribution is 2.22. The summed E-state index contributed by atoms with van der Waals surface area (Å²) in [5, 5.41) is 0. The van der Waals surface area contributed by atoms with E-state index in [1.54, 1.807) is 0 Å². The Hall–Kier alpha value is -1.60. The van der Waals surface area contributed by atoms with Crippen molar-refractivity contribution in [2.24, 2.45) is 0 Å². The zero-order valence-corrected chi connectivity index (χ0v) is 12.2. The quantitative estimate of drug-likeness (QED) is 0.862. The highest BCUT2D eigenvalue weighted by Gasteiger charge is 2.07. The third kappa shape index (κ3) is 3.93. The largest absolute Gasteiger partial charge is 0.459 e. The standard InChI is InChI=1S/C12H11BrN2O3S/c13-10-3-2-9(19-10)7-18-12(17)6-15-5-8(14)1-4-11(15)16/h1-5H,6-7,14H2. The molecule has 0 aliphatic carbocycles. The van der Waals surface area contributed by atoms with Gasteiger partial charge < -0.3 is 15.0 Å². The van der Waals surface area contributed by atoms with Crippen LogP contribution in [0.25, 0.3) is 0 Å². The summed E-state index contributed by atoms with van der Waals surface area (Å²) in [7, 11) is 0. The topological polar surface area (TPSA) is 74.3 Å². The Morgan fingerprint density at radius 3 is 2.84 bits per heavy atom. The lowest BCUT2D eigenvalue weighted by molar-refractivity contribution is -0.145. The Balaban J connectivity index is 1.94. The Kier molecular flexibility index (Phi) is 4.39. The molecule has 0 saturated heterocycles. The monoisotopic (exact) mass is 342 g/mol. The number of carbonyl (C=O) groups is 1. The highest BCUT2D eigenvalue weighted by atomic mass is 79.9. The second-order valence-corrected chi connectivity index (χ2v) is 6.34. The first-order valence-electron chi connectivity index (χ1n) is 5.40. The number of nitrogens with two attached hydrogens (primary N) is 1. The number of pyridine rings is 1. The number of carbonyl (C=O) groups excluding carboxylic acids is 1. The molecule has 2 heterocycles. The van der Waals surface area contributed by atoms with Gasteiger partial charge in [0.2, 0.25) is 0 Å². The van der Waals surface area contributed by atoms with E-state index in [0.29, 0.717) is 5.69 Å². The normalized spacial score (nSPS) is 10.4. The van der Waals surface area contributed by atoms with E-state index in [0.717, 1.165) is 8.66 Å². The van der Waals surface area contributed by atoms with Crippen molar-refractivity contribution in [1.82, 2.24) is 4.57 Å². The first kappa shape index (κ1) is 13.8. The predicted molar refractivity (Wildman–Crippen MR) is 76.9 cm³/mol. The molecule has 0 fully saturated rings. The lowest BCUT2D eigenvalue weighted by atomic mass is 10.4. The van der Waals surface area contributed by atoms with Crippen LogP contribution in [0.2, 0.25) is 0 Å². The van der Waals surface area contributed by atoms with E-state index in [4.69, 9.17) is 10.5 Å². The number of hydrogen-bond acceptors (Lipinski definition) is 5. The van der Waals surface area contributed by atoms with Gasteiger partial charge in [0.15, 0.2) is 0 Å². The summed E-state index contributed by atoms with van der Waals surface area (Å²) >= 11 is 4.82. The van der Waals surface area contributed by atoms with Gasteiger partial charge in [0.25, 0.3) is 5.56 Å². The molecular formula is C12H11BrN2O3S. The number of ether oxygens (including phenoxy) is 1. The smallest absolute Gasteiger partial charge is 0.326 e. The molecular weight excluding hydrogens is 332 g/mol. The van der Waals surface area contributed by atoms with Gasteiger partial charge in [-0.05, 0) is 34.1 Å². The third-order valence-corrected chi connectivity index (χ3v) is 3.91. The fourth-order valence-electron chi connectivity index (χ4n) is 1.44. The molecule has 0 aliphatic heterocycles. The molecule has 7 heteroatoms. The van der Waals surface area contributed by atoms with Gasteiger partial charge in [0.05, 0.1) is 3.79 Å². The minimum Gasteiger partial charge on any atom is -0.459 e.